The molecule has 1 N–H and O–H groups in total. The van der Waals surface area contributed by atoms with E-state index in [0.29, 0.717) is 55.5 Å². The highest BCUT2D eigenvalue weighted by molar-refractivity contribution is 6.46. The van der Waals surface area contributed by atoms with Gasteiger partial charge in [-0.05, 0) is 30.2 Å². The van der Waals surface area contributed by atoms with Crippen molar-refractivity contribution in [3.8, 4) is 11.5 Å². The number of benzene rings is 2. The Balaban J connectivity index is 1.72. The van der Waals surface area contributed by atoms with Crippen LogP contribution in [-0.2, 0) is 14.3 Å². The Morgan fingerprint density at radius 3 is 2.51 bits per heavy atom. The lowest BCUT2D eigenvalue weighted by atomic mass is 9.94. The van der Waals surface area contributed by atoms with E-state index in [2.05, 4.69) is 0 Å². The molecule has 1 atom stereocenters. The maximum absolute atomic E-state index is 13.6. The Morgan fingerprint density at radius 1 is 1.11 bits per heavy atom. The van der Waals surface area contributed by atoms with E-state index in [1.807, 2.05) is 19.1 Å². The molecule has 35 heavy (non-hydrogen) atoms. The Labute approximate surface area is 205 Å². The van der Waals surface area contributed by atoms with E-state index >= 15 is 0 Å². The van der Waals surface area contributed by atoms with Crippen LogP contribution >= 0.6 is 0 Å². The van der Waals surface area contributed by atoms with Gasteiger partial charge < -0.3 is 29.1 Å². The van der Waals surface area contributed by atoms with Gasteiger partial charge in [-0.1, -0.05) is 43.0 Å². The molecule has 2 aromatic rings. The molecular formula is C27H32N2O6. The standard InChI is InChI=1S/C27H32N2O6/c1-3-16-35-20-10-8-19(9-11-20)25(30)23-24(21-6-4-5-7-22(21)33-2)29(27(32)26(23)31)13-12-28-14-17-34-18-15-28/h4-11,24,30H,3,12-18H2,1-2H3. The van der Waals surface area contributed by atoms with E-state index in [4.69, 9.17) is 14.2 Å². The van der Waals surface area contributed by atoms with Crippen LogP contribution in [0, 0.1) is 0 Å². The van der Waals surface area contributed by atoms with Crippen LogP contribution in [0.5, 0.6) is 11.5 Å². The van der Waals surface area contributed by atoms with E-state index < -0.39 is 23.5 Å². The first-order chi connectivity index (χ1) is 17.0. The molecule has 2 aromatic carbocycles. The third-order valence-electron chi connectivity index (χ3n) is 6.46. The molecule has 0 aliphatic carbocycles. The number of para-hydroxylation sites is 1. The fourth-order valence-corrected chi connectivity index (χ4v) is 4.58. The van der Waals surface area contributed by atoms with Crippen LogP contribution in [0.15, 0.2) is 54.1 Å². The van der Waals surface area contributed by atoms with Crippen LogP contribution in [0.1, 0.15) is 30.5 Å². The highest BCUT2D eigenvalue weighted by Crippen LogP contribution is 2.41. The van der Waals surface area contributed by atoms with E-state index in [-0.39, 0.29) is 5.57 Å². The Hall–Kier alpha value is -3.36. The summed E-state index contributed by atoms with van der Waals surface area (Å²) in [6.07, 6.45) is 0.873. The molecule has 4 rings (SSSR count). The monoisotopic (exact) mass is 480 g/mol. The number of hydrogen-bond donors (Lipinski definition) is 1. The van der Waals surface area contributed by atoms with Crippen molar-refractivity contribution >= 4 is 17.4 Å². The summed E-state index contributed by atoms with van der Waals surface area (Å²) >= 11 is 0. The number of ether oxygens (including phenoxy) is 3. The molecule has 186 valence electrons. The minimum Gasteiger partial charge on any atom is -0.872 e. The van der Waals surface area contributed by atoms with Crippen molar-refractivity contribution < 1.29 is 33.8 Å². The van der Waals surface area contributed by atoms with Crippen molar-refractivity contribution in [2.75, 3.05) is 53.1 Å². The van der Waals surface area contributed by atoms with Crippen molar-refractivity contribution in [3.05, 3.63) is 65.2 Å². The fraction of sp³-hybridized carbons (Fsp3) is 0.407. The SMILES string of the molecule is CCCOc1ccc(C([O-])=C2C(=O)C(=O)N(CC[NH+]3CCOCC3)C2c2ccccc2OC)cc1. The topological polar surface area (TPSA) is 92.6 Å². The average molecular weight is 481 g/mol. The lowest BCUT2D eigenvalue weighted by molar-refractivity contribution is -0.907. The first-order valence-electron chi connectivity index (χ1n) is 12.1. The van der Waals surface area contributed by atoms with Crippen molar-refractivity contribution in [1.82, 2.24) is 4.90 Å². The Kier molecular flexibility index (Phi) is 8.05. The summed E-state index contributed by atoms with van der Waals surface area (Å²) in [6, 6.07) is 13.1. The highest BCUT2D eigenvalue weighted by Gasteiger charge is 2.45. The van der Waals surface area contributed by atoms with Gasteiger partial charge in [0.1, 0.15) is 24.6 Å². The molecule has 2 aliphatic rings. The Morgan fingerprint density at radius 2 is 1.83 bits per heavy atom. The number of hydrogen-bond acceptors (Lipinski definition) is 6. The first kappa shape index (κ1) is 24.8. The number of morpholine rings is 1. The largest absolute Gasteiger partial charge is 0.872 e. The minimum atomic E-state index is -0.810. The fourth-order valence-electron chi connectivity index (χ4n) is 4.58. The zero-order valence-electron chi connectivity index (χ0n) is 20.2. The van der Waals surface area contributed by atoms with Gasteiger partial charge in [0.05, 0.1) is 46.1 Å². The van der Waals surface area contributed by atoms with E-state index in [9.17, 15) is 14.7 Å². The zero-order chi connectivity index (χ0) is 24.8. The molecular weight excluding hydrogens is 448 g/mol. The van der Waals surface area contributed by atoms with E-state index in [0.717, 1.165) is 19.5 Å². The van der Waals surface area contributed by atoms with Crippen LogP contribution in [0.4, 0.5) is 0 Å². The second kappa shape index (κ2) is 11.4. The average Bonchev–Trinajstić information content (AvgIpc) is 3.16. The molecule has 1 amide bonds. The van der Waals surface area contributed by atoms with Crippen molar-refractivity contribution in [3.63, 3.8) is 0 Å². The third kappa shape index (κ3) is 5.33. The van der Waals surface area contributed by atoms with Gasteiger partial charge in [-0.3, -0.25) is 9.59 Å². The van der Waals surface area contributed by atoms with Crippen molar-refractivity contribution in [1.29, 1.82) is 0 Å². The number of nitrogens with one attached hydrogen (secondary N) is 1. The smallest absolute Gasteiger partial charge is 0.295 e. The third-order valence-corrected chi connectivity index (χ3v) is 6.46. The maximum atomic E-state index is 13.6. The quantitative estimate of drug-likeness (QED) is 0.322. The molecule has 0 radical (unpaired) electrons. The van der Waals surface area contributed by atoms with Crippen LogP contribution in [0.3, 0.4) is 0 Å². The first-order valence-corrected chi connectivity index (χ1v) is 12.1. The lowest BCUT2D eigenvalue weighted by Crippen LogP contribution is -3.14. The number of methoxy groups -OCH3 is 1. The number of carbonyl (C=O) groups is 2. The molecule has 8 heteroatoms. The van der Waals surface area contributed by atoms with Crippen LogP contribution in [0.25, 0.3) is 5.76 Å². The molecule has 0 aromatic heterocycles. The number of rotatable bonds is 9. The number of quaternary nitrogens is 1. The number of carbonyl (C=O) groups excluding carboxylic acids is 2. The molecule has 2 heterocycles. The van der Waals surface area contributed by atoms with Crippen molar-refractivity contribution in [2.24, 2.45) is 0 Å². The van der Waals surface area contributed by atoms with Crippen LogP contribution in [-0.4, -0.2) is 69.7 Å². The predicted molar refractivity (Wildman–Crippen MR) is 128 cm³/mol. The van der Waals surface area contributed by atoms with Gasteiger partial charge in [0, 0.05) is 11.1 Å². The van der Waals surface area contributed by atoms with Gasteiger partial charge in [-0.2, -0.15) is 0 Å². The van der Waals surface area contributed by atoms with Gasteiger partial charge in [-0.25, -0.2) is 0 Å². The lowest BCUT2D eigenvalue weighted by Gasteiger charge is -2.30. The maximum Gasteiger partial charge on any atom is 0.295 e. The van der Waals surface area contributed by atoms with Crippen molar-refractivity contribution in [2.45, 2.75) is 19.4 Å². The molecule has 0 saturated carbocycles. The van der Waals surface area contributed by atoms with E-state index in [1.54, 1.807) is 36.4 Å². The molecule has 2 aliphatic heterocycles. The van der Waals surface area contributed by atoms with Crippen LogP contribution < -0.4 is 19.5 Å². The van der Waals surface area contributed by atoms with E-state index in [1.165, 1.54) is 16.9 Å². The number of ketones is 1. The summed E-state index contributed by atoms with van der Waals surface area (Å²) in [5, 5.41) is 13.6. The molecule has 0 bridgehead atoms. The second-order valence-corrected chi connectivity index (χ2v) is 8.70. The van der Waals surface area contributed by atoms with Gasteiger partial charge in [0.2, 0.25) is 5.78 Å². The van der Waals surface area contributed by atoms with Crippen LogP contribution in [0.2, 0.25) is 0 Å². The summed E-state index contributed by atoms with van der Waals surface area (Å²) in [7, 11) is 1.54. The number of amides is 1. The van der Waals surface area contributed by atoms with Gasteiger partial charge in [0.25, 0.3) is 5.91 Å². The molecule has 8 nitrogen and oxygen atoms in total. The molecule has 0 spiro atoms. The van der Waals surface area contributed by atoms with Gasteiger partial charge >= 0.3 is 0 Å². The summed E-state index contributed by atoms with van der Waals surface area (Å²) in [4.78, 5) is 29.2. The molecule has 2 saturated heterocycles. The summed E-state index contributed by atoms with van der Waals surface area (Å²) in [5.74, 6) is -0.688. The summed E-state index contributed by atoms with van der Waals surface area (Å²) in [6.45, 7) is 6.64. The number of likely N-dealkylation sites (tertiary alicyclic amines) is 1. The number of nitrogens with zero attached hydrogens (tertiary/aromatic N) is 1. The summed E-state index contributed by atoms with van der Waals surface area (Å²) < 4.78 is 16.6. The summed E-state index contributed by atoms with van der Waals surface area (Å²) in [5.41, 5.74) is 0.918. The zero-order valence-corrected chi connectivity index (χ0v) is 20.2. The normalized spacial score (nSPS) is 20.3. The molecule has 1 unspecified atom stereocenters. The minimum absolute atomic E-state index is 0.0429. The van der Waals surface area contributed by atoms with Gasteiger partial charge in [-0.15, -0.1) is 0 Å². The highest BCUT2D eigenvalue weighted by atomic mass is 16.5. The predicted octanol–water partition coefficient (Wildman–Crippen LogP) is 0.623. The number of Topliss-reactive ketones (excluding diaryl/α,β-unsaturated/α-hetero) is 1. The Bertz CT molecular complexity index is 1080. The molecule has 2 fully saturated rings. The van der Waals surface area contributed by atoms with Gasteiger partial charge in [0.15, 0.2) is 0 Å². The second-order valence-electron chi connectivity index (χ2n) is 8.70.